The van der Waals surface area contributed by atoms with Crippen LogP contribution in [0.3, 0.4) is 0 Å². The lowest BCUT2D eigenvalue weighted by molar-refractivity contribution is -0.483. The summed E-state index contributed by atoms with van der Waals surface area (Å²) in [6.45, 7) is 0. The van der Waals surface area contributed by atoms with Crippen molar-refractivity contribution in [3.8, 4) is 0 Å². The Kier molecular flexibility index (Phi) is 2.31. The lowest BCUT2D eigenvalue weighted by atomic mass is 10.4. The average Bonchev–Trinajstić information content (AvgIpc) is 2.02. The molecule has 0 saturated carbocycles. The zero-order chi connectivity index (χ0) is 7.23. The molecule has 0 N–H and O–H groups in total. The normalized spacial score (nSPS) is 26.2. The third kappa shape index (κ3) is 2.17. The van der Waals surface area contributed by atoms with Gasteiger partial charge in [-0.1, -0.05) is 18.2 Å². The van der Waals surface area contributed by atoms with Crippen molar-refractivity contribution in [2.75, 3.05) is 0 Å². The largest absolute Gasteiger partial charge is 0.260 e. The molecule has 0 spiro atoms. The summed E-state index contributed by atoms with van der Waals surface area (Å²) in [5.74, 6) is 0. The van der Waals surface area contributed by atoms with Gasteiger partial charge in [0.1, 0.15) is 0 Å². The molecule has 0 radical (unpaired) electrons. The first kappa shape index (κ1) is 6.61. The summed E-state index contributed by atoms with van der Waals surface area (Å²) in [5.41, 5.74) is 0. The molecule has 1 heterocycles. The predicted molar refractivity (Wildman–Crippen MR) is 39.5 cm³/mol. The highest BCUT2D eigenvalue weighted by Crippen LogP contribution is 1.85. The maximum absolute atomic E-state index is 10.6. The molecule has 0 unspecified atom stereocenters. The van der Waals surface area contributed by atoms with Gasteiger partial charge in [-0.3, -0.25) is 0 Å². The molecule has 0 bridgehead atoms. The monoisotopic (exact) mass is 135 g/mol. The topological polar surface area (TPSA) is 32.4 Å². The van der Waals surface area contributed by atoms with Gasteiger partial charge in [-0.05, 0) is 6.08 Å². The molecule has 0 aromatic heterocycles. The number of hydrogen-bond donors (Lipinski definition) is 0. The van der Waals surface area contributed by atoms with Crippen LogP contribution in [0.4, 0.5) is 0 Å². The van der Waals surface area contributed by atoms with Gasteiger partial charge in [0.25, 0.3) is 6.20 Å². The van der Waals surface area contributed by atoms with Crippen molar-refractivity contribution in [3.63, 3.8) is 0 Å². The minimum absolute atomic E-state index is 0.500. The van der Waals surface area contributed by atoms with Gasteiger partial charge in [0.15, 0.2) is 4.87 Å². The number of allylic oxidation sites excluding steroid dienone is 5. The fraction of sp³-hybridized carbons (Fsp3) is 0. The number of hydrazone groups is 1. The summed E-state index contributed by atoms with van der Waals surface area (Å²) in [6.07, 6.45) is 11.5. The molecule has 3 nitrogen and oxygen atoms in total. The Hall–Kier alpha value is -1.51. The van der Waals surface area contributed by atoms with E-state index in [2.05, 4.69) is 5.10 Å². The van der Waals surface area contributed by atoms with Crippen LogP contribution in [0.2, 0.25) is 0 Å². The summed E-state index contributed by atoms with van der Waals surface area (Å²) in [6, 6.07) is 0. The Balaban J connectivity index is 2.80. The summed E-state index contributed by atoms with van der Waals surface area (Å²) >= 11 is 0. The number of nitroso groups, excluding NO2 is 1. The molecule has 0 amide bonds. The van der Waals surface area contributed by atoms with Crippen LogP contribution in [0.25, 0.3) is 0 Å². The number of rotatable bonds is 0. The molecule has 1 aliphatic heterocycles. The summed E-state index contributed by atoms with van der Waals surface area (Å²) in [4.78, 5) is 11.1. The fourth-order valence-corrected chi connectivity index (χ4v) is 0.508. The van der Waals surface area contributed by atoms with E-state index in [9.17, 15) is 4.91 Å². The van der Waals surface area contributed by atoms with Crippen LogP contribution >= 0.6 is 0 Å². The second-order valence-electron chi connectivity index (χ2n) is 1.68. The molecular formula is C7H7N2O+. The van der Waals surface area contributed by atoms with Crippen molar-refractivity contribution in [3.05, 3.63) is 41.5 Å². The fourth-order valence-electron chi connectivity index (χ4n) is 0.508. The van der Waals surface area contributed by atoms with Crippen molar-refractivity contribution >= 4 is 6.21 Å². The van der Waals surface area contributed by atoms with E-state index in [4.69, 9.17) is 0 Å². The summed E-state index contributed by atoms with van der Waals surface area (Å²) < 4.78 is 0. The molecule has 0 atom stereocenters. The van der Waals surface area contributed by atoms with Gasteiger partial charge in [-0.15, -0.1) is 0 Å². The van der Waals surface area contributed by atoms with Crippen LogP contribution in [-0.4, -0.2) is 11.1 Å². The van der Waals surface area contributed by atoms with Crippen molar-refractivity contribution < 1.29 is 4.87 Å². The second-order valence-corrected chi connectivity index (χ2v) is 1.68. The zero-order valence-corrected chi connectivity index (χ0v) is 5.34. The highest BCUT2D eigenvalue weighted by Gasteiger charge is 1.93. The summed E-state index contributed by atoms with van der Waals surface area (Å²) in [7, 11) is 0. The van der Waals surface area contributed by atoms with Gasteiger partial charge in [0.05, 0.1) is 11.1 Å². The molecule has 10 heavy (non-hydrogen) atoms. The Morgan fingerprint density at radius 3 is 2.60 bits per heavy atom. The van der Waals surface area contributed by atoms with Crippen LogP contribution in [0.15, 0.2) is 41.7 Å². The lowest BCUT2D eigenvalue weighted by Crippen LogP contribution is -1.85. The third-order valence-corrected chi connectivity index (χ3v) is 0.925. The molecule has 1 aliphatic rings. The zero-order valence-electron chi connectivity index (χ0n) is 5.34. The number of hydrogen-bond acceptors (Lipinski definition) is 1. The third-order valence-electron chi connectivity index (χ3n) is 0.925. The van der Waals surface area contributed by atoms with Crippen LogP contribution in [0.1, 0.15) is 0 Å². The molecule has 50 valence electrons. The van der Waals surface area contributed by atoms with E-state index in [1.807, 2.05) is 6.08 Å². The first-order chi connectivity index (χ1) is 4.89. The first-order valence-electron chi connectivity index (χ1n) is 2.90. The summed E-state index contributed by atoms with van der Waals surface area (Å²) in [5, 5.41) is 3.48. The first-order valence-corrected chi connectivity index (χ1v) is 2.90. The maximum Gasteiger partial charge on any atom is 0.260 e. The van der Waals surface area contributed by atoms with Crippen molar-refractivity contribution in [1.82, 2.24) is 0 Å². The van der Waals surface area contributed by atoms with Crippen LogP contribution in [0.5, 0.6) is 0 Å². The van der Waals surface area contributed by atoms with Gasteiger partial charge in [0, 0.05) is 11.2 Å². The highest BCUT2D eigenvalue weighted by atomic mass is 16.3. The SMILES string of the molecule is O=[N+]1\C=C/C=C/C=C\C=N1. The van der Waals surface area contributed by atoms with E-state index >= 15 is 0 Å². The molecule has 3 heteroatoms. The molecule has 1 rings (SSSR count). The van der Waals surface area contributed by atoms with E-state index in [0.29, 0.717) is 4.87 Å². The van der Waals surface area contributed by atoms with Crippen LogP contribution in [-0.2, 0) is 0 Å². The molecule has 0 fully saturated rings. The Labute approximate surface area is 58.6 Å². The lowest BCUT2D eigenvalue weighted by Gasteiger charge is -1.65. The standard InChI is InChI=1S/C7H7N2O/c10-9-7-5-3-1-2-4-6-8-9/h1-7H/q+1/b3-1+,4-2-,7-5-,8-6?. The van der Waals surface area contributed by atoms with Crippen LogP contribution in [0, 0.1) is 4.91 Å². The van der Waals surface area contributed by atoms with Crippen molar-refractivity contribution in [2.45, 2.75) is 0 Å². The Morgan fingerprint density at radius 2 is 1.70 bits per heavy atom. The van der Waals surface area contributed by atoms with Crippen LogP contribution < -0.4 is 0 Å². The van der Waals surface area contributed by atoms with Gasteiger partial charge < -0.3 is 0 Å². The predicted octanol–water partition coefficient (Wildman–Crippen LogP) is 1.39. The Bertz CT molecular complexity index is 212. The number of nitrogens with zero attached hydrogens (tertiary/aromatic N) is 2. The Morgan fingerprint density at radius 1 is 1.00 bits per heavy atom. The quantitative estimate of drug-likeness (QED) is 0.462. The van der Waals surface area contributed by atoms with Gasteiger partial charge in [-0.25, -0.2) is 0 Å². The minimum Gasteiger partial charge on any atom is -0.0620 e. The highest BCUT2D eigenvalue weighted by molar-refractivity contribution is 5.70. The molecule has 0 aromatic carbocycles. The van der Waals surface area contributed by atoms with E-state index in [1.165, 1.54) is 12.4 Å². The molecule has 0 aliphatic carbocycles. The van der Waals surface area contributed by atoms with E-state index < -0.39 is 0 Å². The molecule has 0 saturated heterocycles. The van der Waals surface area contributed by atoms with E-state index in [-0.39, 0.29) is 0 Å². The molecule has 0 aromatic rings. The second kappa shape index (κ2) is 3.50. The molecular weight excluding hydrogens is 128 g/mol. The van der Waals surface area contributed by atoms with Gasteiger partial charge in [-0.2, -0.15) is 0 Å². The maximum atomic E-state index is 10.6. The minimum atomic E-state index is 0.500. The van der Waals surface area contributed by atoms with Gasteiger partial charge >= 0.3 is 0 Å². The smallest absolute Gasteiger partial charge is 0.0620 e. The van der Waals surface area contributed by atoms with E-state index in [1.54, 1.807) is 24.3 Å². The van der Waals surface area contributed by atoms with E-state index in [0.717, 1.165) is 0 Å². The van der Waals surface area contributed by atoms with Crippen molar-refractivity contribution in [1.29, 1.82) is 0 Å². The van der Waals surface area contributed by atoms with Crippen molar-refractivity contribution in [2.24, 2.45) is 5.10 Å². The van der Waals surface area contributed by atoms with Gasteiger partial charge in [0.2, 0.25) is 0 Å². The average molecular weight is 135 g/mol.